The highest BCUT2D eigenvalue weighted by Crippen LogP contribution is 2.36. The van der Waals surface area contributed by atoms with Gasteiger partial charge in [0.05, 0.1) is 0 Å². The third-order valence-electron chi connectivity index (χ3n) is 3.03. The molecule has 0 radical (unpaired) electrons. The topological polar surface area (TPSA) is 46.3 Å². The molecule has 1 aliphatic heterocycles. The van der Waals surface area contributed by atoms with E-state index in [-0.39, 0.29) is 17.3 Å². The summed E-state index contributed by atoms with van der Waals surface area (Å²) >= 11 is 1.62. The third-order valence-corrected chi connectivity index (χ3v) is 4.12. The summed E-state index contributed by atoms with van der Waals surface area (Å²) in [4.78, 5) is 15.0. The van der Waals surface area contributed by atoms with Gasteiger partial charge < -0.3 is 5.73 Å². The summed E-state index contributed by atoms with van der Waals surface area (Å²) in [7, 11) is 0. The molecule has 84 valence electrons. The van der Waals surface area contributed by atoms with Crippen LogP contribution in [0.25, 0.3) is 0 Å². The van der Waals surface area contributed by atoms with E-state index in [1.807, 2.05) is 6.20 Å². The van der Waals surface area contributed by atoms with Crippen LogP contribution in [-0.4, -0.2) is 16.3 Å². The predicted molar refractivity (Wildman–Crippen MR) is 62.7 cm³/mol. The van der Waals surface area contributed by atoms with Crippen molar-refractivity contribution in [2.24, 2.45) is 11.7 Å². The maximum atomic E-state index is 12.0. The van der Waals surface area contributed by atoms with E-state index in [9.17, 15) is 4.79 Å². The quantitative estimate of drug-likeness (QED) is 0.803. The van der Waals surface area contributed by atoms with Crippen LogP contribution in [0.5, 0.6) is 0 Å². The number of nitrogens with zero attached hydrogens (tertiary/aromatic N) is 1. The van der Waals surface area contributed by atoms with Crippen molar-refractivity contribution in [3.63, 3.8) is 0 Å². The van der Waals surface area contributed by atoms with Crippen LogP contribution in [0.3, 0.4) is 0 Å². The molecule has 0 aromatic rings. The zero-order valence-electron chi connectivity index (χ0n) is 9.11. The molecule has 4 heteroatoms. The molecule has 1 heterocycles. The van der Waals surface area contributed by atoms with E-state index in [0.29, 0.717) is 0 Å². The molecule has 15 heavy (non-hydrogen) atoms. The molecule has 1 unspecified atom stereocenters. The van der Waals surface area contributed by atoms with E-state index in [1.54, 1.807) is 16.7 Å². The Balaban J connectivity index is 1.98. The second-order valence-corrected chi connectivity index (χ2v) is 5.47. The SMILES string of the molecule is CCCC1=CN(C(=O)C2CCC2)C(N)S1. The van der Waals surface area contributed by atoms with Crippen LogP contribution >= 0.6 is 11.8 Å². The molecule has 0 aromatic heterocycles. The highest BCUT2D eigenvalue weighted by molar-refractivity contribution is 8.03. The number of hydrogen-bond acceptors (Lipinski definition) is 3. The second-order valence-electron chi connectivity index (χ2n) is 4.23. The van der Waals surface area contributed by atoms with Gasteiger partial charge in [0.1, 0.15) is 5.50 Å². The summed E-state index contributed by atoms with van der Waals surface area (Å²) in [6.45, 7) is 2.14. The van der Waals surface area contributed by atoms with Crippen molar-refractivity contribution >= 4 is 17.7 Å². The first kappa shape index (κ1) is 11.0. The van der Waals surface area contributed by atoms with Crippen molar-refractivity contribution in [2.45, 2.75) is 44.5 Å². The lowest BCUT2D eigenvalue weighted by atomic mass is 9.84. The Morgan fingerprint density at radius 3 is 2.93 bits per heavy atom. The summed E-state index contributed by atoms with van der Waals surface area (Å²) in [5.41, 5.74) is 5.75. The Bertz CT molecular complexity index is 286. The highest BCUT2D eigenvalue weighted by Gasteiger charge is 2.34. The van der Waals surface area contributed by atoms with Crippen molar-refractivity contribution < 1.29 is 4.79 Å². The minimum atomic E-state index is -0.181. The van der Waals surface area contributed by atoms with E-state index in [4.69, 9.17) is 5.73 Å². The molecule has 1 fully saturated rings. The molecule has 2 aliphatic rings. The Hall–Kier alpha value is -0.480. The minimum Gasteiger partial charge on any atom is -0.302 e. The molecule has 1 atom stereocenters. The monoisotopic (exact) mass is 226 g/mol. The molecule has 0 bridgehead atoms. The smallest absolute Gasteiger partial charge is 0.231 e. The Morgan fingerprint density at radius 1 is 1.67 bits per heavy atom. The largest absolute Gasteiger partial charge is 0.302 e. The molecule has 1 aliphatic carbocycles. The summed E-state index contributed by atoms with van der Waals surface area (Å²) in [5.74, 6) is 0.473. The van der Waals surface area contributed by atoms with Gasteiger partial charge >= 0.3 is 0 Å². The third kappa shape index (κ3) is 2.21. The van der Waals surface area contributed by atoms with Crippen LogP contribution in [0.4, 0.5) is 0 Å². The molecule has 1 saturated carbocycles. The molecule has 1 amide bonds. The van der Waals surface area contributed by atoms with Gasteiger partial charge in [-0.05, 0) is 19.3 Å². The number of nitrogens with two attached hydrogens (primary N) is 1. The normalized spacial score (nSPS) is 26.4. The van der Waals surface area contributed by atoms with Gasteiger partial charge in [-0.3, -0.25) is 9.69 Å². The fourth-order valence-electron chi connectivity index (χ4n) is 1.90. The number of carbonyl (C=O) groups is 1. The number of carbonyl (C=O) groups excluding carboxylic acids is 1. The van der Waals surface area contributed by atoms with Gasteiger partial charge in [-0.25, -0.2) is 0 Å². The van der Waals surface area contributed by atoms with Crippen LogP contribution in [-0.2, 0) is 4.79 Å². The summed E-state index contributed by atoms with van der Waals surface area (Å²) in [6.07, 6.45) is 7.38. The van der Waals surface area contributed by atoms with Crippen LogP contribution in [0, 0.1) is 5.92 Å². The first-order valence-corrected chi connectivity index (χ1v) is 6.55. The Morgan fingerprint density at radius 2 is 2.40 bits per heavy atom. The van der Waals surface area contributed by atoms with Crippen LogP contribution < -0.4 is 5.73 Å². The van der Waals surface area contributed by atoms with E-state index < -0.39 is 0 Å². The van der Waals surface area contributed by atoms with E-state index in [0.717, 1.165) is 25.7 Å². The zero-order valence-corrected chi connectivity index (χ0v) is 9.93. The summed E-state index contributed by atoms with van der Waals surface area (Å²) in [5, 5.41) is 0. The Kier molecular flexibility index (Phi) is 3.36. The van der Waals surface area contributed by atoms with Gasteiger partial charge in [0.15, 0.2) is 0 Å². The first-order chi connectivity index (χ1) is 7.22. The van der Waals surface area contributed by atoms with Crippen molar-refractivity contribution in [1.82, 2.24) is 4.90 Å². The first-order valence-electron chi connectivity index (χ1n) is 5.67. The van der Waals surface area contributed by atoms with Gasteiger partial charge in [0.2, 0.25) is 5.91 Å². The van der Waals surface area contributed by atoms with E-state index in [1.165, 1.54) is 11.3 Å². The standard InChI is InChI=1S/C11H18N2OS/c1-2-4-9-7-13(11(12)15-9)10(14)8-5-3-6-8/h7-8,11H,2-6,12H2,1H3. The van der Waals surface area contributed by atoms with Crippen molar-refractivity contribution in [3.05, 3.63) is 11.1 Å². The maximum Gasteiger partial charge on any atom is 0.231 e. The van der Waals surface area contributed by atoms with Gasteiger partial charge in [0.25, 0.3) is 0 Å². The van der Waals surface area contributed by atoms with Gasteiger partial charge in [-0.1, -0.05) is 31.5 Å². The molecule has 3 nitrogen and oxygen atoms in total. The van der Waals surface area contributed by atoms with E-state index >= 15 is 0 Å². The number of thioether (sulfide) groups is 1. The van der Waals surface area contributed by atoms with Gasteiger partial charge in [-0.2, -0.15) is 0 Å². The lowest BCUT2D eigenvalue weighted by Gasteiger charge is -2.29. The average Bonchev–Trinajstić information content (AvgIpc) is 2.44. The Labute approximate surface area is 95.1 Å². The lowest BCUT2D eigenvalue weighted by Crippen LogP contribution is -2.42. The second kappa shape index (κ2) is 4.58. The fraction of sp³-hybridized carbons (Fsp3) is 0.727. The van der Waals surface area contributed by atoms with Crippen LogP contribution in [0.2, 0.25) is 0 Å². The van der Waals surface area contributed by atoms with E-state index in [2.05, 4.69) is 6.92 Å². The highest BCUT2D eigenvalue weighted by atomic mass is 32.2. The molecule has 2 N–H and O–H groups in total. The lowest BCUT2D eigenvalue weighted by molar-refractivity contribution is -0.135. The summed E-state index contributed by atoms with van der Waals surface area (Å²) < 4.78 is 0. The van der Waals surface area contributed by atoms with Crippen LogP contribution in [0.1, 0.15) is 39.0 Å². The number of amides is 1. The molecular formula is C11H18N2OS. The van der Waals surface area contributed by atoms with Gasteiger partial charge in [0, 0.05) is 17.0 Å². The average molecular weight is 226 g/mol. The minimum absolute atomic E-state index is 0.181. The zero-order chi connectivity index (χ0) is 10.8. The maximum absolute atomic E-state index is 12.0. The summed E-state index contributed by atoms with van der Waals surface area (Å²) in [6, 6.07) is 0. The fourth-order valence-corrected chi connectivity index (χ4v) is 2.98. The predicted octanol–water partition coefficient (Wildman–Crippen LogP) is 2.25. The molecule has 2 rings (SSSR count). The number of hydrogen-bond donors (Lipinski definition) is 1. The van der Waals surface area contributed by atoms with Crippen molar-refractivity contribution in [2.75, 3.05) is 0 Å². The number of allylic oxidation sites excluding steroid dienone is 1. The number of rotatable bonds is 3. The van der Waals surface area contributed by atoms with Gasteiger partial charge in [-0.15, -0.1) is 0 Å². The molecule has 0 spiro atoms. The van der Waals surface area contributed by atoms with Crippen molar-refractivity contribution in [1.29, 1.82) is 0 Å². The van der Waals surface area contributed by atoms with Crippen molar-refractivity contribution in [3.8, 4) is 0 Å². The molecular weight excluding hydrogens is 208 g/mol. The molecule has 0 aromatic carbocycles. The van der Waals surface area contributed by atoms with Crippen LogP contribution in [0.15, 0.2) is 11.1 Å². The molecule has 0 saturated heterocycles.